The number of rotatable bonds is 19. The number of anilines is 1. The summed E-state index contributed by atoms with van der Waals surface area (Å²) in [4.78, 5) is 0. The number of benzene rings is 1. The van der Waals surface area contributed by atoms with Crippen molar-refractivity contribution in [3.63, 3.8) is 0 Å². The average Bonchev–Trinajstić information content (AvgIpc) is 2.74. The summed E-state index contributed by atoms with van der Waals surface area (Å²) in [7, 11) is 0. The summed E-state index contributed by atoms with van der Waals surface area (Å²) in [6.07, 6.45) is 26.7. The van der Waals surface area contributed by atoms with Crippen molar-refractivity contribution in [2.75, 3.05) is 5.73 Å². The van der Waals surface area contributed by atoms with Crippen LogP contribution in [0.1, 0.15) is 133 Å². The Morgan fingerprint density at radius 3 is 1.55 bits per heavy atom. The van der Waals surface area contributed by atoms with Gasteiger partial charge in [0, 0.05) is 5.69 Å². The lowest BCUT2D eigenvalue weighted by atomic mass is 9.95. The van der Waals surface area contributed by atoms with Gasteiger partial charge >= 0.3 is 0 Å². The Balaban J connectivity index is 1.95. The molecule has 0 bridgehead atoms. The van der Waals surface area contributed by atoms with Crippen molar-refractivity contribution >= 4 is 11.8 Å². The fraction of sp³-hybridized carbons (Fsp3) is 0.714. The van der Waals surface area contributed by atoms with Crippen molar-refractivity contribution in [2.24, 2.45) is 0 Å². The summed E-state index contributed by atoms with van der Waals surface area (Å²) < 4.78 is 0. The topological polar surface area (TPSA) is 26.0 Å². The van der Waals surface area contributed by atoms with Gasteiger partial charge < -0.3 is 5.73 Å². The van der Waals surface area contributed by atoms with Crippen LogP contribution in [0.5, 0.6) is 0 Å². The van der Waals surface area contributed by atoms with E-state index >= 15 is 0 Å². The monoisotopic (exact) mass is 399 g/mol. The first kappa shape index (κ1) is 25.8. The minimum absolute atomic E-state index is 0.986. The molecule has 29 heavy (non-hydrogen) atoms. The van der Waals surface area contributed by atoms with Crippen LogP contribution in [0.2, 0.25) is 0 Å². The van der Waals surface area contributed by atoms with Gasteiger partial charge in [-0.25, -0.2) is 0 Å². The second-order valence-electron chi connectivity index (χ2n) is 8.82. The summed E-state index contributed by atoms with van der Waals surface area (Å²) in [5.41, 5.74) is 11.2. The normalized spacial score (nSPS) is 11.1. The van der Waals surface area contributed by atoms with Gasteiger partial charge in [0.1, 0.15) is 0 Å². The third-order valence-corrected chi connectivity index (χ3v) is 6.36. The Labute approximate surface area is 182 Å². The Morgan fingerprint density at radius 1 is 0.690 bits per heavy atom. The van der Waals surface area contributed by atoms with Gasteiger partial charge in [-0.2, -0.15) is 0 Å². The maximum absolute atomic E-state index is 6.39. The fourth-order valence-corrected chi connectivity index (χ4v) is 4.40. The predicted octanol–water partition coefficient (Wildman–Crippen LogP) is 9.28. The quantitative estimate of drug-likeness (QED) is 0.182. The van der Waals surface area contributed by atoms with Gasteiger partial charge in [0.15, 0.2) is 0 Å². The maximum Gasteiger partial charge on any atom is 0.0385 e. The second kappa shape index (κ2) is 17.6. The molecule has 0 unspecified atom stereocenters. The SMILES string of the molecule is C=Cc1ccc(CCCCCCCCCCCCCCCCCC)c(N)c1CC. The highest BCUT2D eigenvalue weighted by Gasteiger charge is 2.07. The first-order valence-corrected chi connectivity index (χ1v) is 12.8. The van der Waals surface area contributed by atoms with E-state index in [4.69, 9.17) is 5.73 Å². The molecule has 0 amide bonds. The number of nitrogens with two attached hydrogens (primary N) is 1. The minimum Gasteiger partial charge on any atom is -0.398 e. The molecule has 1 aromatic carbocycles. The highest BCUT2D eigenvalue weighted by molar-refractivity contribution is 5.65. The van der Waals surface area contributed by atoms with Crippen molar-refractivity contribution in [3.8, 4) is 0 Å². The van der Waals surface area contributed by atoms with Crippen molar-refractivity contribution < 1.29 is 0 Å². The lowest BCUT2D eigenvalue weighted by Crippen LogP contribution is -2.02. The molecule has 0 aliphatic rings. The Kier molecular flexibility index (Phi) is 15.7. The first-order valence-electron chi connectivity index (χ1n) is 12.8. The van der Waals surface area contributed by atoms with Crippen molar-refractivity contribution in [2.45, 2.75) is 129 Å². The summed E-state index contributed by atoms with van der Waals surface area (Å²) in [6.45, 7) is 8.37. The molecule has 1 heteroatoms. The van der Waals surface area contributed by atoms with Gasteiger partial charge in [-0.05, 0) is 36.0 Å². The van der Waals surface area contributed by atoms with Crippen LogP contribution >= 0.6 is 0 Å². The zero-order valence-corrected chi connectivity index (χ0v) is 19.7. The Morgan fingerprint density at radius 2 is 1.14 bits per heavy atom. The zero-order valence-electron chi connectivity index (χ0n) is 19.7. The van der Waals surface area contributed by atoms with E-state index in [1.165, 1.54) is 119 Å². The van der Waals surface area contributed by atoms with Gasteiger partial charge in [-0.1, -0.05) is 135 Å². The molecular formula is C28H49N. The van der Waals surface area contributed by atoms with E-state index in [1.807, 2.05) is 6.08 Å². The molecule has 0 saturated carbocycles. The van der Waals surface area contributed by atoms with Crippen LogP contribution in [0.25, 0.3) is 6.08 Å². The van der Waals surface area contributed by atoms with E-state index in [0.717, 1.165) is 18.5 Å². The Hall–Kier alpha value is -1.24. The summed E-state index contributed by atoms with van der Waals surface area (Å²) in [5.74, 6) is 0. The number of unbranched alkanes of at least 4 members (excludes halogenated alkanes) is 15. The lowest BCUT2D eigenvalue weighted by molar-refractivity contribution is 0.529. The van der Waals surface area contributed by atoms with Crippen molar-refractivity contribution in [3.05, 3.63) is 35.4 Å². The van der Waals surface area contributed by atoms with Crippen LogP contribution in [-0.2, 0) is 12.8 Å². The maximum atomic E-state index is 6.39. The average molecular weight is 400 g/mol. The van der Waals surface area contributed by atoms with Gasteiger partial charge in [0.25, 0.3) is 0 Å². The van der Waals surface area contributed by atoms with Gasteiger partial charge in [0.05, 0.1) is 0 Å². The van der Waals surface area contributed by atoms with E-state index in [0.29, 0.717) is 0 Å². The molecular weight excluding hydrogens is 350 g/mol. The van der Waals surface area contributed by atoms with E-state index in [9.17, 15) is 0 Å². The molecule has 0 aliphatic carbocycles. The van der Waals surface area contributed by atoms with Crippen molar-refractivity contribution in [1.29, 1.82) is 0 Å². The van der Waals surface area contributed by atoms with Crippen LogP contribution < -0.4 is 5.73 Å². The molecule has 2 N–H and O–H groups in total. The number of hydrogen-bond acceptors (Lipinski definition) is 1. The predicted molar refractivity (Wildman–Crippen MR) is 134 cm³/mol. The van der Waals surface area contributed by atoms with E-state index in [2.05, 4.69) is 32.6 Å². The first-order chi connectivity index (χ1) is 14.2. The highest BCUT2D eigenvalue weighted by atomic mass is 14.6. The smallest absolute Gasteiger partial charge is 0.0385 e. The largest absolute Gasteiger partial charge is 0.398 e. The van der Waals surface area contributed by atoms with E-state index in [1.54, 1.807) is 0 Å². The lowest BCUT2D eigenvalue weighted by Gasteiger charge is -2.13. The van der Waals surface area contributed by atoms with Gasteiger partial charge in [0.2, 0.25) is 0 Å². The van der Waals surface area contributed by atoms with Crippen LogP contribution in [0.3, 0.4) is 0 Å². The van der Waals surface area contributed by atoms with Crippen molar-refractivity contribution in [1.82, 2.24) is 0 Å². The van der Waals surface area contributed by atoms with Crippen LogP contribution in [0, 0.1) is 0 Å². The molecule has 0 heterocycles. The number of nitrogen functional groups attached to an aromatic ring is 1. The minimum atomic E-state index is 0.986. The molecule has 0 radical (unpaired) electrons. The molecule has 0 aromatic heterocycles. The molecule has 0 fully saturated rings. The zero-order chi connectivity index (χ0) is 21.2. The second-order valence-corrected chi connectivity index (χ2v) is 8.82. The van der Waals surface area contributed by atoms with Crippen LogP contribution in [0.4, 0.5) is 5.69 Å². The molecule has 1 rings (SSSR count). The molecule has 0 aliphatic heterocycles. The molecule has 1 aromatic rings. The van der Waals surface area contributed by atoms with E-state index < -0.39 is 0 Å². The molecule has 1 nitrogen and oxygen atoms in total. The van der Waals surface area contributed by atoms with Crippen LogP contribution in [-0.4, -0.2) is 0 Å². The Bertz CT molecular complexity index is 531. The number of hydrogen-bond donors (Lipinski definition) is 1. The molecule has 0 saturated heterocycles. The van der Waals surface area contributed by atoms with E-state index in [-0.39, 0.29) is 0 Å². The summed E-state index contributed by atoms with van der Waals surface area (Å²) in [5, 5.41) is 0. The fourth-order valence-electron chi connectivity index (χ4n) is 4.40. The summed E-state index contributed by atoms with van der Waals surface area (Å²) >= 11 is 0. The third-order valence-electron chi connectivity index (χ3n) is 6.36. The molecule has 166 valence electrons. The summed E-state index contributed by atoms with van der Waals surface area (Å²) in [6, 6.07) is 4.39. The highest BCUT2D eigenvalue weighted by Crippen LogP contribution is 2.25. The third kappa shape index (κ3) is 11.5. The van der Waals surface area contributed by atoms with Gasteiger partial charge in [-0.15, -0.1) is 0 Å². The number of aryl methyl sites for hydroxylation is 1. The van der Waals surface area contributed by atoms with Crippen LogP contribution in [0.15, 0.2) is 18.7 Å². The molecule has 0 spiro atoms. The standard InChI is InChI=1S/C28H49N/c1-4-7-8-9-10-11-12-13-14-15-16-17-18-19-20-21-22-26-24-23-25(5-2)27(6-3)28(26)29/h5,23-24H,2,4,6-22,29H2,1,3H3. The van der Waals surface area contributed by atoms with Gasteiger partial charge in [-0.3, -0.25) is 0 Å². The molecule has 0 atom stereocenters.